The fourth-order valence-electron chi connectivity index (χ4n) is 1.16. The van der Waals surface area contributed by atoms with E-state index in [1.54, 1.807) is 0 Å². The van der Waals surface area contributed by atoms with E-state index in [2.05, 4.69) is 43.3 Å². The van der Waals surface area contributed by atoms with Gasteiger partial charge in [0.1, 0.15) is 0 Å². The van der Waals surface area contributed by atoms with Gasteiger partial charge in [0, 0.05) is 5.69 Å². The molecular weight excluding hydrogens is 146 g/mol. The molecule has 0 aliphatic rings. The first-order valence-electron chi connectivity index (χ1n) is 3.98. The first-order chi connectivity index (χ1) is 5.74. The molecule has 1 heteroatoms. The van der Waals surface area contributed by atoms with Crippen molar-refractivity contribution in [2.45, 2.75) is 13.8 Å². The van der Waals surface area contributed by atoms with Crippen molar-refractivity contribution in [2.24, 2.45) is 0 Å². The molecule has 1 rings (SSSR count). The lowest BCUT2D eigenvalue weighted by Crippen LogP contribution is -1.99. The van der Waals surface area contributed by atoms with E-state index in [0.717, 1.165) is 5.69 Å². The maximum Gasteiger partial charge on any atom is 0.0763 e. The van der Waals surface area contributed by atoms with Crippen molar-refractivity contribution in [1.82, 2.24) is 0 Å². The maximum atomic E-state index is 5.14. The number of hydrogen-bond acceptors (Lipinski definition) is 1. The van der Waals surface area contributed by atoms with Crippen LogP contribution in [0.1, 0.15) is 11.1 Å². The van der Waals surface area contributed by atoms with Crippen molar-refractivity contribution < 1.29 is 0 Å². The zero-order valence-corrected chi connectivity index (χ0v) is 7.52. The third-order valence-corrected chi connectivity index (χ3v) is 1.76. The normalized spacial score (nSPS) is 9.08. The molecule has 1 N–H and O–H groups in total. The largest absolute Gasteiger partial charge is 0.374 e. The Bertz CT molecular complexity index is 307. The summed E-state index contributed by atoms with van der Waals surface area (Å²) in [6.07, 6.45) is 5.14. The molecule has 0 saturated heterocycles. The molecule has 1 aromatic rings. The fraction of sp³-hybridized carbons (Fsp3) is 0.273. The Morgan fingerprint density at radius 3 is 2.75 bits per heavy atom. The number of hydrogen-bond donors (Lipinski definition) is 1. The summed E-state index contributed by atoms with van der Waals surface area (Å²) in [7, 11) is 0. The van der Waals surface area contributed by atoms with Gasteiger partial charge < -0.3 is 5.32 Å². The van der Waals surface area contributed by atoms with Gasteiger partial charge in [0.25, 0.3) is 0 Å². The summed E-state index contributed by atoms with van der Waals surface area (Å²) >= 11 is 0. The summed E-state index contributed by atoms with van der Waals surface area (Å²) in [4.78, 5) is 0. The van der Waals surface area contributed by atoms with E-state index >= 15 is 0 Å². The lowest BCUT2D eigenvalue weighted by atomic mass is 10.1. The highest BCUT2D eigenvalue weighted by atomic mass is 14.9. The van der Waals surface area contributed by atoms with Gasteiger partial charge in [-0.05, 0) is 25.5 Å². The summed E-state index contributed by atoms with van der Waals surface area (Å²) < 4.78 is 0. The van der Waals surface area contributed by atoms with Crippen molar-refractivity contribution in [3.8, 4) is 12.3 Å². The summed E-state index contributed by atoms with van der Waals surface area (Å²) in [6, 6.07) is 6.27. The standard InChI is InChI=1S/C11H13N/c1-4-7-12-11-6-5-9(2)8-10(11)3/h1,5-6,8,12H,7H2,2-3H3. The van der Waals surface area contributed by atoms with Crippen molar-refractivity contribution >= 4 is 5.69 Å². The zero-order valence-electron chi connectivity index (χ0n) is 7.52. The van der Waals surface area contributed by atoms with Gasteiger partial charge in [-0.1, -0.05) is 23.6 Å². The van der Waals surface area contributed by atoms with Gasteiger partial charge in [-0.25, -0.2) is 0 Å². The van der Waals surface area contributed by atoms with Crippen LogP contribution in [0.3, 0.4) is 0 Å². The number of rotatable bonds is 2. The van der Waals surface area contributed by atoms with Crippen LogP contribution in [0.4, 0.5) is 5.69 Å². The molecular formula is C11H13N. The Hall–Kier alpha value is -1.42. The van der Waals surface area contributed by atoms with Gasteiger partial charge in [-0.3, -0.25) is 0 Å². The average molecular weight is 159 g/mol. The van der Waals surface area contributed by atoms with Crippen LogP contribution in [-0.4, -0.2) is 6.54 Å². The van der Waals surface area contributed by atoms with E-state index in [9.17, 15) is 0 Å². The Balaban J connectivity index is 2.81. The molecule has 0 fully saturated rings. The van der Waals surface area contributed by atoms with Crippen molar-refractivity contribution in [1.29, 1.82) is 0 Å². The van der Waals surface area contributed by atoms with Crippen LogP contribution in [0.25, 0.3) is 0 Å². The third-order valence-electron chi connectivity index (χ3n) is 1.76. The molecule has 0 unspecified atom stereocenters. The second kappa shape index (κ2) is 3.82. The highest BCUT2D eigenvalue weighted by molar-refractivity contribution is 5.52. The highest BCUT2D eigenvalue weighted by Gasteiger charge is 1.94. The van der Waals surface area contributed by atoms with Crippen molar-refractivity contribution in [3.05, 3.63) is 29.3 Å². The molecule has 0 saturated carbocycles. The van der Waals surface area contributed by atoms with Gasteiger partial charge in [0.05, 0.1) is 6.54 Å². The van der Waals surface area contributed by atoms with E-state index in [-0.39, 0.29) is 0 Å². The smallest absolute Gasteiger partial charge is 0.0763 e. The third kappa shape index (κ3) is 2.03. The molecule has 0 radical (unpaired) electrons. The molecule has 0 heterocycles. The molecule has 62 valence electrons. The number of anilines is 1. The van der Waals surface area contributed by atoms with Crippen LogP contribution in [0, 0.1) is 26.2 Å². The quantitative estimate of drug-likeness (QED) is 0.653. The molecule has 0 spiro atoms. The molecule has 12 heavy (non-hydrogen) atoms. The minimum absolute atomic E-state index is 0.587. The molecule has 0 aliphatic heterocycles. The monoisotopic (exact) mass is 159 g/mol. The molecule has 0 aromatic heterocycles. The van der Waals surface area contributed by atoms with Crippen LogP contribution < -0.4 is 5.32 Å². The van der Waals surface area contributed by atoms with Crippen LogP contribution in [0.5, 0.6) is 0 Å². The first kappa shape index (κ1) is 8.67. The summed E-state index contributed by atoms with van der Waals surface area (Å²) in [5, 5.41) is 3.15. The highest BCUT2D eigenvalue weighted by Crippen LogP contribution is 2.15. The molecule has 0 atom stereocenters. The lowest BCUT2D eigenvalue weighted by molar-refractivity contribution is 1.31. The minimum Gasteiger partial charge on any atom is -0.374 e. The molecule has 0 aliphatic carbocycles. The van der Waals surface area contributed by atoms with Crippen molar-refractivity contribution in [3.63, 3.8) is 0 Å². The summed E-state index contributed by atoms with van der Waals surface area (Å²) in [5.74, 6) is 2.55. The number of terminal acetylenes is 1. The second-order valence-electron chi connectivity index (χ2n) is 2.88. The predicted molar refractivity (Wildman–Crippen MR) is 53.2 cm³/mol. The van der Waals surface area contributed by atoms with E-state index < -0.39 is 0 Å². The molecule has 1 aromatic carbocycles. The number of aryl methyl sites for hydroxylation is 2. The van der Waals surface area contributed by atoms with E-state index in [4.69, 9.17) is 6.42 Å². The minimum atomic E-state index is 0.587. The van der Waals surface area contributed by atoms with Crippen LogP contribution in [0.2, 0.25) is 0 Å². The SMILES string of the molecule is C#CCNc1ccc(C)cc1C. The van der Waals surface area contributed by atoms with E-state index in [0.29, 0.717) is 6.54 Å². The van der Waals surface area contributed by atoms with Crippen LogP contribution in [-0.2, 0) is 0 Å². The van der Waals surface area contributed by atoms with Crippen LogP contribution in [0.15, 0.2) is 18.2 Å². The molecule has 0 bridgehead atoms. The van der Waals surface area contributed by atoms with Crippen LogP contribution >= 0.6 is 0 Å². The van der Waals surface area contributed by atoms with Gasteiger partial charge in [-0.2, -0.15) is 0 Å². The van der Waals surface area contributed by atoms with E-state index in [1.165, 1.54) is 11.1 Å². The Morgan fingerprint density at radius 2 is 2.17 bits per heavy atom. The summed E-state index contributed by atoms with van der Waals surface area (Å²) in [6.45, 7) is 4.74. The Kier molecular flexibility index (Phi) is 2.76. The van der Waals surface area contributed by atoms with Gasteiger partial charge in [-0.15, -0.1) is 6.42 Å². The molecule has 0 amide bonds. The first-order valence-corrected chi connectivity index (χ1v) is 3.98. The average Bonchev–Trinajstić information content (AvgIpc) is 2.03. The predicted octanol–water partition coefficient (Wildman–Crippen LogP) is 2.35. The lowest BCUT2D eigenvalue weighted by Gasteiger charge is -2.06. The number of benzene rings is 1. The molecule has 1 nitrogen and oxygen atoms in total. The van der Waals surface area contributed by atoms with Gasteiger partial charge in [0.2, 0.25) is 0 Å². The Labute approximate surface area is 73.8 Å². The summed E-state index contributed by atoms with van der Waals surface area (Å²) in [5.41, 5.74) is 3.64. The Morgan fingerprint density at radius 1 is 1.42 bits per heavy atom. The zero-order chi connectivity index (χ0) is 8.97. The maximum absolute atomic E-state index is 5.14. The second-order valence-corrected chi connectivity index (χ2v) is 2.88. The van der Waals surface area contributed by atoms with Crippen molar-refractivity contribution in [2.75, 3.05) is 11.9 Å². The number of nitrogens with one attached hydrogen (secondary N) is 1. The fourth-order valence-corrected chi connectivity index (χ4v) is 1.16. The topological polar surface area (TPSA) is 12.0 Å². The van der Waals surface area contributed by atoms with Gasteiger partial charge >= 0.3 is 0 Å². The van der Waals surface area contributed by atoms with E-state index in [1.807, 2.05) is 0 Å². The van der Waals surface area contributed by atoms with Gasteiger partial charge in [0.15, 0.2) is 0 Å².